The summed E-state index contributed by atoms with van der Waals surface area (Å²) in [5.41, 5.74) is 1.15. The Labute approximate surface area is 62.4 Å². The molecule has 0 N–H and O–H groups in total. The Kier molecular flexibility index (Phi) is 1.88. The van der Waals surface area contributed by atoms with Gasteiger partial charge >= 0.3 is 0 Å². The lowest BCUT2D eigenvalue weighted by Gasteiger charge is -1.81. The van der Waals surface area contributed by atoms with Crippen molar-refractivity contribution in [1.29, 1.82) is 0 Å². The molecule has 1 aromatic heterocycles. The van der Waals surface area contributed by atoms with Gasteiger partial charge in [-0.15, -0.1) is 0 Å². The van der Waals surface area contributed by atoms with Crippen molar-refractivity contribution in [3.05, 3.63) is 18.0 Å². The van der Waals surface area contributed by atoms with Gasteiger partial charge in [0, 0.05) is 6.20 Å². The monoisotopic (exact) mass is 222 g/mol. The van der Waals surface area contributed by atoms with E-state index >= 15 is 0 Å². The first-order chi connectivity index (χ1) is 3.83. The van der Waals surface area contributed by atoms with E-state index in [1.165, 1.54) is 0 Å². The lowest BCUT2D eigenvalue weighted by molar-refractivity contribution is 0.957. The summed E-state index contributed by atoms with van der Waals surface area (Å²) < 4.78 is 1.79. The number of hydrogen-bond acceptors (Lipinski definition) is 1. The molecular formula is C5H7IN2. The molecule has 0 aliphatic carbocycles. The Balaban J connectivity index is 2.84. The molecule has 1 heterocycles. The second-order valence-corrected chi connectivity index (χ2v) is 2.54. The first kappa shape index (κ1) is 6.07. The van der Waals surface area contributed by atoms with E-state index in [4.69, 9.17) is 0 Å². The second kappa shape index (κ2) is 2.48. The SMILES string of the molecule is CCc1ccn(I)n1. The highest BCUT2D eigenvalue weighted by Crippen LogP contribution is 1.97. The Morgan fingerprint density at radius 1 is 1.88 bits per heavy atom. The van der Waals surface area contributed by atoms with Gasteiger partial charge in [-0.2, -0.15) is 5.10 Å². The summed E-state index contributed by atoms with van der Waals surface area (Å²) >= 11 is 2.13. The lowest BCUT2D eigenvalue weighted by atomic mass is 10.4. The maximum absolute atomic E-state index is 4.13. The first-order valence-electron chi connectivity index (χ1n) is 2.53. The molecular weight excluding hydrogens is 215 g/mol. The maximum Gasteiger partial charge on any atom is 0.0843 e. The maximum atomic E-state index is 4.13. The molecule has 0 spiro atoms. The topological polar surface area (TPSA) is 17.8 Å². The molecule has 3 heteroatoms. The van der Waals surface area contributed by atoms with Gasteiger partial charge in [0.05, 0.1) is 28.6 Å². The highest BCUT2D eigenvalue weighted by Gasteiger charge is 1.89. The zero-order valence-electron chi connectivity index (χ0n) is 4.63. The van der Waals surface area contributed by atoms with Crippen LogP contribution in [0.2, 0.25) is 0 Å². The van der Waals surface area contributed by atoms with Crippen molar-refractivity contribution in [2.45, 2.75) is 13.3 Å². The van der Waals surface area contributed by atoms with E-state index < -0.39 is 0 Å². The molecule has 0 atom stereocenters. The summed E-state index contributed by atoms with van der Waals surface area (Å²) in [7, 11) is 0. The first-order valence-corrected chi connectivity index (χ1v) is 3.50. The van der Waals surface area contributed by atoms with Gasteiger partial charge in [-0.1, -0.05) is 6.92 Å². The molecule has 0 saturated heterocycles. The third-order valence-corrected chi connectivity index (χ3v) is 1.51. The minimum absolute atomic E-state index is 1.02. The largest absolute Gasteiger partial charge is 0.211 e. The molecule has 2 nitrogen and oxygen atoms in total. The molecule has 1 aromatic rings. The number of aromatic nitrogens is 2. The molecule has 0 aromatic carbocycles. The molecule has 0 aliphatic rings. The van der Waals surface area contributed by atoms with Crippen LogP contribution in [0.4, 0.5) is 0 Å². The van der Waals surface area contributed by atoms with Gasteiger partial charge in [0.2, 0.25) is 0 Å². The van der Waals surface area contributed by atoms with Crippen LogP contribution in [-0.4, -0.2) is 7.99 Å². The summed E-state index contributed by atoms with van der Waals surface area (Å²) in [5, 5.41) is 4.13. The van der Waals surface area contributed by atoms with E-state index in [9.17, 15) is 0 Å². The van der Waals surface area contributed by atoms with Crippen LogP contribution < -0.4 is 0 Å². The van der Waals surface area contributed by atoms with E-state index in [1.807, 2.05) is 12.3 Å². The third-order valence-electron chi connectivity index (χ3n) is 0.976. The fourth-order valence-corrected chi connectivity index (χ4v) is 0.963. The lowest BCUT2D eigenvalue weighted by Crippen LogP contribution is -1.81. The Morgan fingerprint density at radius 2 is 2.62 bits per heavy atom. The van der Waals surface area contributed by atoms with Crippen molar-refractivity contribution in [3.8, 4) is 0 Å². The average Bonchev–Trinajstić information content (AvgIpc) is 2.14. The van der Waals surface area contributed by atoms with Crippen molar-refractivity contribution < 1.29 is 0 Å². The number of halogens is 1. The Bertz CT molecular complexity index is 171. The third kappa shape index (κ3) is 1.21. The van der Waals surface area contributed by atoms with Crippen molar-refractivity contribution >= 4 is 22.9 Å². The fourth-order valence-electron chi connectivity index (χ4n) is 0.525. The molecule has 0 bridgehead atoms. The summed E-state index contributed by atoms with van der Waals surface area (Å²) in [5.74, 6) is 0. The van der Waals surface area contributed by atoms with Crippen LogP contribution in [0.3, 0.4) is 0 Å². The van der Waals surface area contributed by atoms with Gasteiger partial charge in [-0.05, 0) is 12.5 Å². The second-order valence-electron chi connectivity index (χ2n) is 1.55. The van der Waals surface area contributed by atoms with Crippen LogP contribution in [0.15, 0.2) is 12.3 Å². The molecule has 1 rings (SSSR count). The normalized spacial score (nSPS) is 9.75. The Morgan fingerprint density at radius 3 is 2.88 bits per heavy atom. The zero-order chi connectivity index (χ0) is 5.98. The number of rotatable bonds is 1. The number of aryl methyl sites for hydroxylation is 1. The molecule has 0 radical (unpaired) electrons. The molecule has 44 valence electrons. The summed E-state index contributed by atoms with van der Waals surface area (Å²) in [6, 6.07) is 2.02. The predicted octanol–water partition coefficient (Wildman–Crippen LogP) is 1.64. The molecule has 0 aliphatic heterocycles. The molecule has 0 saturated carbocycles. The van der Waals surface area contributed by atoms with Crippen LogP contribution in [0.1, 0.15) is 12.6 Å². The van der Waals surface area contributed by atoms with E-state index in [-0.39, 0.29) is 0 Å². The van der Waals surface area contributed by atoms with Gasteiger partial charge in [0.25, 0.3) is 0 Å². The van der Waals surface area contributed by atoms with Crippen LogP contribution in [0, 0.1) is 0 Å². The van der Waals surface area contributed by atoms with Gasteiger partial charge in [-0.3, -0.25) is 0 Å². The predicted molar refractivity (Wildman–Crippen MR) is 41.0 cm³/mol. The highest BCUT2D eigenvalue weighted by molar-refractivity contribution is 14.1. The molecule has 0 amide bonds. The van der Waals surface area contributed by atoms with E-state index in [2.05, 4.69) is 34.9 Å². The van der Waals surface area contributed by atoms with Gasteiger partial charge in [0.15, 0.2) is 0 Å². The Hall–Kier alpha value is -0.0600. The summed E-state index contributed by atoms with van der Waals surface area (Å²) in [4.78, 5) is 0. The van der Waals surface area contributed by atoms with Crippen molar-refractivity contribution in [2.75, 3.05) is 0 Å². The van der Waals surface area contributed by atoms with Gasteiger partial charge in [0.1, 0.15) is 0 Å². The molecule has 0 fully saturated rings. The highest BCUT2D eigenvalue weighted by atomic mass is 127. The van der Waals surface area contributed by atoms with Crippen LogP contribution >= 0.6 is 22.9 Å². The van der Waals surface area contributed by atoms with Gasteiger partial charge in [-0.25, -0.2) is 2.90 Å². The minimum Gasteiger partial charge on any atom is -0.211 e. The summed E-state index contributed by atoms with van der Waals surface area (Å²) in [6.07, 6.45) is 2.97. The van der Waals surface area contributed by atoms with Crippen LogP contribution in [0.25, 0.3) is 0 Å². The number of hydrogen-bond donors (Lipinski definition) is 0. The molecule has 0 unspecified atom stereocenters. The van der Waals surface area contributed by atoms with Crippen molar-refractivity contribution in [2.24, 2.45) is 0 Å². The quantitative estimate of drug-likeness (QED) is 0.660. The van der Waals surface area contributed by atoms with Crippen LogP contribution in [0.5, 0.6) is 0 Å². The standard InChI is InChI=1S/C5H7IN2/c1-2-5-3-4-8(6)7-5/h3-4H,2H2,1H3. The molecule has 8 heavy (non-hydrogen) atoms. The van der Waals surface area contributed by atoms with E-state index in [1.54, 1.807) is 2.90 Å². The van der Waals surface area contributed by atoms with Gasteiger partial charge < -0.3 is 0 Å². The number of nitrogens with zero attached hydrogens (tertiary/aromatic N) is 2. The minimum atomic E-state index is 1.02. The zero-order valence-corrected chi connectivity index (χ0v) is 6.79. The summed E-state index contributed by atoms with van der Waals surface area (Å²) in [6.45, 7) is 2.10. The van der Waals surface area contributed by atoms with Crippen LogP contribution in [-0.2, 0) is 6.42 Å². The van der Waals surface area contributed by atoms with E-state index in [0.29, 0.717) is 0 Å². The average molecular weight is 222 g/mol. The van der Waals surface area contributed by atoms with Crippen molar-refractivity contribution in [3.63, 3.8) is 0 Å². The fraction of sp³-hybridized carbons (Fsp3) is 0.400. The smallest absolute Gasteiger partial charge is 0.0843 e. The van der Waals surface area contributed by atoms with Crippen molar-refractivity contribution in [1.82, 2.24) is 7.99 Å². The van der Waals surface area contributed by atoms with E-state index in [0.717, 1.165) is 12.1 Å².